The van der Waals surface area contributed by atoms with Crippen LogP contribution in [0.15, 0.2) is 24.3 Å². The largest absolute Gasteiger partial charge is 0.491 e. The van der Waals surface area contributed by atoms with Gasteiger partial charge >= 0.3 is 0 Å². The summed E-state index contributed by atoms with van der Waals surface area (Å²) in [6.45, 7) is 5.16. The van der Waals surface area contributed by atoms with E-state index in [0.29, 0.717) is 6.04 Å². The van der Waals surface area contributed by atoms with Crippen molar-refractivity contribution in [1.82, 2.24) is 5.32 Å². The van der Waals surface area contributed by atoms with Gasteiger partial charge in [-0.15, -0.1) is 0 Å². The van der Waals surface area contributed by atoms with Crippen molar-refractivity contribution in [2.45, 2.75) is 51.3 Å². The van der Waals surface area contributed by atoms with Gasteiger partial charge in [0, 0.05) is 12.1 Å². The van der Waals surface area contributed by atoms with Crippen LogP contribution in [0, 0.1) is 0 Å². The molecule has 0 bridgehead atoms. The molecule has 0 saturated carbocycles. The molecule has 0 aromatic heterocycles. The molecule has 1 aliphatic heterocycles. The Morgan fingerprint density at radius 2 is 1.94 bits per heavy atom. The maximum Gasteiger partial charge on any atom is 0.119 e. The van der Waals surface area contributed by atoms with E-state index in [9.17, 15) is 0 Å². The molecule has 1 aromatic rings. The average molecular weight is 248 g/mol. The molecule has 1 heterocycles. The molecule has 2 atom stereocenters. The lowest BCUT2D eigenvalue weighted by atomic mass is 9.93. The molecule has 1 aliphatic rings. The van der Waals surface area contributed by atoms with E-state index in [0.717, 1.165) is 12.3 Å². The lowest BCUT2D eigenvalue weighted by Gasteiger charge is -2.29. The fourth-order valence-corrected chi connectivity index (χ4v) is 2.46. The van der Waals surface area contributed by atoms with E-state index in [1.807, 2.05) is 26.0 Å². The lowest BCUT2D eigenvalue weighted by molar-refractivity contribution is 0.242. The highest BCUT2D eigenvalue weighted by molar-refractivity contribution is 5.30. The molecule has 0 spiro atoms. The Hall–Kier alpha value is -1.06. The third-order valence-corrected chi connectivity index (χ3v) is 3.42. The first-order valence-corrected chi connectivity index (χ1v) is 6.92. The van der Waals surface area contributed by atoms with E-state index in [1.54, 1.807) is 0 Å². The third kappa shape index (κ3) is 3.47. The molecule has 2 unspecified atom stereocenters. The van der Waals surface area contributed by atoms with Gasteiger partial charge < -0.3 is 15.8 Å². The Kier molecular flexibility index (Phi) is 4.61. The zero-order valence-electron chi connectivity index (χ0n) is 11.4. The standard InChI is InChI=1S/C15H24N2O/c1-11(2)18-13-8-6-12(7-9-13)15(16)14-5-3-4-10-17-14/h6-9,11,14-15,17H,3-5,10,16H2,1-2H3. The quantitative estimate of drug-likeness (QED) is 0.861. The molecule has 2 rings (SSSR count). The third-order valence-electron chi connectivity index (χ3n) is 3.42. The van der Waals surface area contributed by atoms with Crippen LogP contribution in [-0.2, 0) is 0 Å². The van der Waals surface area contributed by atoms with Gasteiger partial charge in [-0.1, -0.05) is 18.6 Å². The Labute approximate surface area is 110 Å². The first-order valence-electron chi connectivity index (χ1n) is 6.92. The van der Waals surface area contributed by atoms with Gasteiger partial charge in [0.15, 0.2) is 0 Å². The summed E-state index contributed by atoms with van der Waals surface area (Å²) in [7, 11) is 0. The van der Waals surface area contributed by atoms with E-state index >= 15 is 0 Å². The Morgan fingerprint density at radius 3 is 2.50 bits per heavy atom. The predicted octanol–water partition coefficient (Wildman–Crippen LogP) is 2.62. The van der Waals surface area contributed by atoms with Crippen molar-refractivity contribution in [2.24, 2.45) is 5.73 Å². The molecule has 100 valence electrons. The summed E-state index contributed by atoms with van der Waals surface area (Å²) in [4.78, 5) is 0. The number of hydrogen-bond acceptors (Lipinski definition) is 3. The van der Waals surface area contributed by atoms with Gasteiger partial charge in [0.2, 0.25) is 0 Å². The van der Waals surface area contributed by atoms with Gasteiger partial charge in [-0.2, -0.15) is 0 Å². The van der Waals surface area contributed by atoms with Crippen molar-refractivity contribution in [3.05, 3.63) is 29.8 Å². The molecular weight excluding hydrogens is 224 g/mol. The fourth-order valence-electron chi connectivity index (χ4n) is 2.46. The molecule has 3 nitrogen and oxygen atoms in total. The van der Waals surface area contributed by atoms with Crippen LogP contribution in [0.4, 0.5) is 0 Å². The van der Waals surface area contributed by atoms with Gasteiger partial charge in [-0.3, -0.25) is 0 Å². The summed E-state index contributed by atoms with van der Waals surface area (Å²) in [5.74, 6) is 0.914. The van der Waals surface area contributed by atoms with Gasteiger partial charge in [0.1, 0.15) is 5.75 Å². The highest BCUT2D eigenvalue weighted by Crippen LogP contribution is 2.23. The van der Waals surface area contributed by atoms with Crippen molar-refractivity contribution in [3.8, 4) is 5.75 Å². The maximum absolute atomic E-state index is 6.32. The van der Waals surface area contributed by atoms with Crippen LogP contribution < -0.4 is 15.8 Å². The SMILES string of the molecule is CC(C)Oc1ccc(C(N)C2CCCCN2)cc1. The van der Waals surface area contributed by atoms with Crippen molar-refractivity contribution in [2.75, 3.05) is 6.54 Å². The summed E-state index contributed by atoms with van der Waals surface area (Å²) in [6, 6.07) is 8.68. The van der Waals surface area contributed by atoms with Gasteiger partial charge in [-0.05, 0) is 50.9 Å². The Bertz CT molecular complexity index is 355. The van der Waals surface area contributed by atoms with Crippen LogP contribution in [0.1, 0.15) is 44.7 Å². The van der Waals surface area contributed by atoms with E-state index in [4.69, 9.17) is 10.5 Å². The summed E-state index contributed by atoms with van der Waals surface area (Å²) in [5, 5.41) is 3.51. The summed E-state index contributed by atoms with van der Waals surface area (Å²) < 4.78 is 5.64. The highest BCUT2D eigenvalue weighted by Gasteiger charge is 2.21. The van der Waals surface area contributed by atoms with Gasteiger partial charge in [-0.25, -0.2) is 0 Å². The molecule has 0 radical (unpaired) electrons. The predicted molar refractivity (Wildman–Crippen MR) is 74.8 cm³/mol. The smallest absolute Gasteiger partial charge is 0.119 e. The zero-order chi connectivity index (χ0) is 13.0. The van der Waals surface area contributed by atoms with Crippen LogP contribution in [0.5, 0.6) is 5.75 Å². The second-order valence-electron chi connectivity index (χ2n) is 5.32. The van der Waals surface area contributed by atoms with Crippen molar-refractivity contribution in [1.29, 1.82) is 0 Å². The van der Waals surface area contributed by atoms with E-state index in [2.05, 4.69) is 17.4 Å². The topological polar surface area (TPSA) is 47.3 Å². The molecule has 3 N–H and O–H groups in total. The minimum Gasteiger partial charge on any atom is -0.491 e. The molecule has 0 aliphatic carbocycles. The molecular formula is C15H24N2O. The molecule has 3 heteroatoms. The second kappa shape index (κ2) is 6.21. The molecule has 1 saturated heterocycles. The number of nitrogens with two attached hydrogens (primary N) is 1. The van der Waals surface area contributed by atoms with E-state index < -0.39 is 0 Å². The fraction of sp³-hybridized carbons (Fsp3) is 0.600. The zero-order valence-corrected chi connectivity index (χ0v) is 11.4. The van der Waals surface area contributed by atoms with Gasteiger partial charge in [0.25, 0.3) is 0 Å². The van der Waals surface area contributed by atoms with Gasteiger partial charge in [0.05, 0.1) is 6.10 Å². The first-order chi connectivity index (χ1) is 8.66. The number of piperidine rings is 1. The summed E-state index contributed by atoms with van der Waals surface area (Å²) >= 11 is 0. The molecule has 1 fully saturated rings. The molecule has 18 heavy (non-hydrogen) atoms. The summed E-state index contributed by atoms with van der Waals surface area (Å²) in [5.41, 5.74) is 7.50. The van der Waals surface area contributed by atoms with Crippen molar-refractivity contribution >= 4 is 0 Å². The van der Waals surface area contributed by atoms with Crippen LogP contribution in [0.25, 0.3) is 0 Å². The van der Waals surface area contributed by atoms with Crippen LogP contribution in [0.3, 0.4) is 0 Å². The minimum atomic E-state index is 0.0819. The number of ether oxygens (including phenoxy) is 1. The normalized spacial score (nSPS) is 21.9. The number of hydrogen-bond donors (Lipinski definition) is 2. The number of nitrogens with one attached hydrogen (secondary N) is 1. The second-order valence-corrected chi connectivity index (χ2v) is 5.32. The average Bonchev–Trinajstić information content (AvgIpc) is 2.39. The van der Waals surface area contributed by atoms with E-state index in [1.165, 1.54) is 24.8 Å². The summed E-state index contributed by atoms with van der Waals surface area (Å²) in [6.07, 6.45) is 3.93. The van der Waals surface area contributed by atoms with Crippen molar-refractivity contribution < 1.29 is 4.74 Å². The lowest BCUT2D eigenvalue weighted by Crippen LogP contribution is -2.42. The highest BCUT2D eigenvalue weighted by atomic mass is 16.5. The van der Waals surface area contributed by atoms with Crippen molar-refractivity contribution in [3.63, 3.8) is 0 Å². The first kappa shape index (κ1) is 13.4. The minimum absolute atomic E-state index is 0.0819. The Morgan fingerprint density at radius 1 is 1.22 bits per heavy atom. The number of benzene rings is 1. The maximum atomic E-state index is 6.32. The molecule has 0 amide bonds. The Balaban J connectivity index is 1.99. The van der Waals surface area contributed by atoms with E-state index in [-0.39, 0.29) is 12.1 Å². The van der Waals surface area contributed by atoms with Crippen LogP contribution in [-0.4, -0.2) is 18.7 Å². The molecule has 1 aromatic carbocycles. The van der Waals surface area contributed by atoms with Crippen LogP contribution >= 0.6 is 0 Å². The number of rotatable bonds is 4. The monoisotopic (exact) mass is 248 g/mol. The van der Waals surface area contributed by atoms with Crippen LogP contribution in [0.2, 0.25) is 0 Å².